The molecule has 0 saturated carbocycles. The first-order valence-electron chi connectivity index (χ1n) is 6.34. The van der Waals surface area contributed by atoms with E-state index in [0.29, 0.717) is 5.56 Å². The van der Waals surface area contributed by atoms with Crippen LogP contribution >= 0.6 is 0 Å². The van der Waals surface area contributed by atoms with Crippen molar-refractivity contribution >= 4 is 11.8 Å². The first-order valence-corrected chi connectivity index (χ1v) is 6.34. The summed E-state index contributed by atoms with van der Waals surface area (Å²) < 4.78 is 27.4. The van der Waals surface area contributed by atoms with Gasteiger partial charge in [-0.15, -0.1) is 0 Å². The summed E-state index contributed by atoms with van der Waals surface area (Å²) in [5.74, 6) is -2.39. The molecule has 2 aromatic carbocycles. The second kappa shape index (κ2) is 5.44. The summed E-state index contributed by atoms with van der Waals surface area (Å²) in [6.07, 6.45) is -1.11. The van der Waals surface area contributed by atoms with Gasteiger partial charge in [0.15, 0.2) is 5.84 Å². The maximum Gasteiger partial charge on any atom is 0.335 e. The van der Waals surface area contributed by atoms with Gasteiger partial charge in [-0.1, -0.05) is 23.4 Å². The molecule has 0 aromatic heterocycles. The van der Waals surface area contributed by atoms with E-state index in [9.17, 15) is 13.6 Å². The molecule has 1 aliphatic heterocycles. The number of carboxylic acids is 1. The third-order valence-corrected chi connectivity index (χ3v) is 3.16. The van der Waals surface area contributed by atoms with Crippen LogP contribution in [0.5, 0.6) is 0 Å². The number of benzene rings is 2. The summed E-state index contributed by atoms with van der Waals surface area (Å²) in [4.78, 5) is 16.0. The lowest BCUT2D eigenvalue weighted by atomic mass is 10.1. The van der Waals surface area contributed by atoms with Crippen molar-refractivity contribution in [2.75, 3.05) is 0 Å². The summed E-state index contributed by atoms with van der Waals surface area (Å²) in [7, 11) is 0. The monoisotopic (exact) mass is 304 g/mol. The van der Waals surface area contributed by atoms with E-state index in [4.69, 9.17) is 9.94 Å². The van der Waals surface area contributed by atoms with E-state index < -0.39 is 23.8 Å². The van der Waals surface area contributed by atoms with E-state index in [2.05, 4.69) is 10.5 Å². The number of carboxylic acid groups (broad SMARTS) is 1. The summed E-state index contributed by atoms with van der Waals surface area (Å²) in [6.45, 7) is 0. The van der Waals surface area contributed by atoms with E-state index in [1.807, 2.05) is 0 Å². The highest BCUT2D eigenvalue weighted by Gasteiger charge is 2.28. The zero-order valence-electron chi connectivity index (χ0n) is 11.1. The van der Waals surface area contributed by atoms with Gasteiger partial charge in [0.25, 0.3) is 0 Å². The van der Waals surface area contributed by atoms with Crippen molar-refractivity contribution in [3.05, 3.63) is 70.8 Å². The highest BCUT2D eigenvalue weighted by atomic mass is 19.1. The average molecular weight is 304 g/mol. The average Bonchev–Trinajstić information content (AvgIpc) is 2.97. The van der Waals surface area contributed by atoms with E-state index in [0.717, 1.165) is 12.1 Å². The number of oxime groups is 1. The van der Waals surface area contributed by atoms with Crippen LogP contribution in [0.4, 0.5) is 8.78 Å². The molecule has 0 bridgehead atoms. The molecule has 2 N–H and O–H groups in total. The Balaban J connectivity index is 1.86. The van der Waals surface area contributed by atoms with Crippen LogP contribution in [0.15, 0.2) is 47.6 Å². The van der Waals surface area contributed by atoms with Gasteiger partial charge < -0.3 is 15.3 Å². The van der Waals surface area contributed by atoms with Crippen molar-refractivity contribution in [1.29, 1.82) is 0 Å². The molecule has 0 amide bonds. The minimum Gasteiger partial charge on any atom is -0.478 e. The third-order valence-electron chi connectivity index (χ3n) is 3.16. The van der Waals surface area contributed by atoms with E-state index in [-0.39, 0.29) is 17.0 Å². The molecule has 5 nitrogen and oxygen atoms in total. The Hall–Kier alpha value is -2.96. The predicted octanol–water partition coefficient (Wildman–Crippen LogP) is 2.64. The Morgan fingerprint density at radius 1 is 1.18 bits per heavy atom. The number of hydrogen-bond acceptors (Lipinski definition) is 4. The molecule has 0 aliphatic carbocycles. The molecule has 0 spiro atoms. The van der Waals surface area contributed by atoms with Crippen LogP contribution in [0.25, 0.3) is 0 Å². The molecule has 7 heteroatoms. The molecular weight excluding hydrogens is 294 g/mol. The number of rotatable bonds is 3. The summed E-state index contributed by atoms with van der Waals surface area (Å²) in [6, 6.07) is 9.45. The SMILES string of the molecule is O=C(O)c1cccc(C2=NOC(c3c(F)cccc3F)N2)c1. The normalized spacial score (nSPS) is 16.6. The smallest absolute Gasteiger partial charge is 0.335 e. The van der Waals surface area contributed by atoms with Gasteiger partial charge in [0.1, 0.15) is 11.6 Å². The van der Waals surface area contributed by atoms with Gasteiger partial charge in [-0.05, 0) is 24.3 Å². The maximum atomic E-state index is 13.7. The summed E-state index contributed by atoms with van der Waals surface area (Å²) in [5.41, 5.74) is 0.234. The number of aromatic carboxylic acids is 1. The number of nitrogens with zero attached hydrogens (tertiary/aromatic N) is 1. The van der Waals surface area contributed by atoms with Gasteiger partial charge in [-0.3, -0.25) is 0 Å². The Morgan fingerprint density at radius 2 is 1.86 bits per heavy atom. The van der Waals surface area contributed by atoms with Crippen LogP contribution in [0.2, 0.25) is 0 Å². The molecule has 0 saturated heterocycles. The van der Waals surface area contributed by atoms with Crippen LogP contribution in [-0.2, 0) is 4.84 Å². The van der Waals surface area contributed by atoms with E-state index >= 15 is 0 Å². The Bertz CT molecular complexity index is 757. The van der Waals surface area contributed by atoms with Crippen molar-refractivity contribution < 1.29 is 23.5 Å². The molecule has 0 fully saturated rings. The van der Waals surface area contributed by atoms with Crippen molar-refractivity contribution in [3.63, 3.8) is 0 Å². The van der Waals surface area contributed by atoms with E-state index in [1.54, 1.807) is 12.1 Å². The maximum absolute atomic E-state index is 13.7. The molecule has 1 aliphatic rings. The minimum atomic E-state index is -1.11. The predicted molar refractivity (Wildman–Crippen MR) is 73.3 cm³/mol. The standard InChI is InChI=1S/C15H10F2N2O3/c16-10-5-2-6-11(17)12(10)14-18-13(19-22-14)8-3-1-4-9(7-8)15(20)21/h1-7,14H,(H,18,19)(H,20,21). The van der Waals surface area contributed by atoms with Crippen LogP contribution in [-0.4, -0.2) is 16.9 Å². The van der Waals surface area contributed by atoms with Crippen molar-refractivity contribution in [3.8, 4) is 0 Å². The first kappa shape index (κ1) is 14.0. The number of nitrogens with one attached hydrogen (secondary N) is 1. The quantitative estimate of drug-likeness (QED) is 0.914. The largest absolute Gasteiger partial charge is 0.478 e. The van der Waals surface area contributed by atoms with Crippen LogP contribution in [0.3, 0.4) is 0 Å². The molecular formula is C15H10F2N2O3. The first-order chi connectivity index (χ1) is 10.6. The number of hydrogen-bond donors (Lipinski definition) is 2. The molecule has 1 heterocycles. The van der Waals surface area contributed by atoms with Crippen LogP contribution in [0.1, 0.15) is 27.7 Å². The summed E-state index contributed by atoms with van der Waals surface area (Å²) in [5, 5.41) is 15.4. The lowest BCUT2D eigenvalue weighted by molar-refractivity contribution is 0.0671. The lowest BCUT2D eigenvalue weighted by Gasteiger charge is -2.12. The van der Waals surface area contributed by atoms with Gasteiger partial charge in [-0.2, -0.15) is 0 Å². The topological polar surface area (TPSA) is 70.9 Å². The van der Waals surface area contributed by atoms with Crippen LogP contribution < -0.4 is 5.32 Å². The molecule has 1 unspecified atom stereocenters. The van der Waals surface area contributed by atoms with Crippen LogP contribution in [0, 0.1) is 11.6 Å². The second-order valence-corrected chi connectivity index (χ2v) is 4.59. The van der Waals surface area contributed by atoms with E-state index in [1.165, 1.54) is 18.2 Å². The molecule has 112 valence electrons. The molecule has 2 aromatic rings. The zero-order valence-corrected chi connectivity index (χ0v) is 11.1. The van der Waals surface area contributed by atoms with Crippen molar-refractivity contribution in [2.24, 2.45) is 5.16 Å². The Morgan fingerprint density at radius 3 is 2.55 bits per heavy atom. The minimum absolute atomic E-state index is 0.0718. The number of carbonyl (C=O) groups is 1. The highest BCUT2D eigenvalue weighted by Crippen LogP contribution is 2.25. The fourth-order valence-electron chi connectivity index (χ4n) is 2.10. The second-order valence-electron chi connectivity index (χ2n) is 4.59. The number of halogens is 2. The molecule has 0 radical (unpaired) electrons. The highest BCUT2D eigenvalue weighted by molar-refractivity contribution is 6.01. The van der Waals surface area contributed by atoms with Crippen molar-refractivity contribution in [1.82, 2.24) is 5.32 Å². The lowest BCUT2D eigenvalue weighted by Crippen LogP contribution is -2.25. The van der Waals surface area contributed by atoms with Crippen molar-refractivity contribution in [2.45, 2.75) is 6.23 Å². The Labute approximate surface area is 123 Å². The fraction of sp³-hybridized carbons (Fsp3) is 0.0667. The Kier molecular flexibility index (Phi) is 3.46. The molecule has 22 heavy (non-hydrogen) atoms. The van der Waals surface area contributed by atoms with Gasteiger partial charge in [0.05, 0.1) is 11.1 Å². The van der Waals surface area contributed by atoms with Gasteiger partial charge in [0, 0.05) is 5.56 Å². The van der Waals surface area contributed by atoms with Gasteiger partial charge >= 0.3 is 5.97 Å². The summed E-state index contributed by atoms with van der Waals surface area (Å²) >= 11 is 0. The third kappa shape index (κ3) is 2.48. The molecule has 1 atom stereocenters. The van der Waals surface area contributed by atoms with Gasteiger partial charge in [0.2, 0.25) is 6.23 Å². The van der Waals surface area contributed by atoms with Gasteiger partial charge in [-0.25, -0.2) is 13.6 Å². The fourth-order valence-corrected chi connectivity index (χ4v) is 2.10. The molecule has 3 rings (SSSR count). The zero-order chi connectivity index (χ0) is 15.7. The number of amidine groups is 1.